The summed E-state index contributed by atoms with van der Waals surface area (Å²) < 4.78 is 22.7. The van der Waals surface area contributed by atoms with Crippen molar-refractivity contribution in [2.75, 3.05) is 6.61 Å². The second kappa shape index (κ2) is 10.6. The molecule has 15 nitrogen and oxygen atoms in total. The lowest BCUT2D eigenvalue weighted by molar-refractivity contribution is -0.384. The quantitative estimate of drug-likeness (QED) is 0.139. The van der Waals surface area contributed by atoms with Crippen molar-refractivity contribution in [2.24, 2.45) is 16.0 Å². The summed E-state index contributed by atoms with van der Waals surface area (Å²) in [6.07, 6.45) is -5.40. The molecule has 1 saturated heterocycles. The fourth-order valence-electron chi connectivity index (χ4n) is 3.78. The number of nitro groups is 1. The number of non-ortho nitro benzene ring substituents is 1. The van der Waals surface area contributed by atoms with E-state index in [1.807, 2.05) is 0 Å². The number of carbonyl (C=O) groups excluding carboxylic acids is 3. The molecule has 1 aromatic heterocycles. The SMILES string of the molecule is CC(=O)O[C@@H]1[C@H](OC(C)=O)[C@H](OC(C)=O)CO[C@@H]1n1c(O)c(N=NC(N)=S)c2ccc([N+](=O)[O-])cc21. The molecule has 0 radical (unpaired) electrons. The van der Waals surface area contributed by atoms with Crippen LogP contribution < -0.4 is 5.73 Å². The van der Waals surface area contributed by atoms with E-state index in [-0.39, 0.29) is 34.0 Å². The molecule has 3 rings (SSSR count). The van der Waals surface area contributed by atoms with Gasteiger partial charge in [0.2, 0.25) is 11.0 Å². The van der Waals surface area contributed by atoms with Crippen molar-refractivity contribution in [3.8, 4) is 5.88 Å². The number of aromatic nitrogens is 1. The molecule has 0 amide bonds. The van der Waals surface area contributed by atoms with Gasteiger partial charge in [-0.2, -0.15) is 0 Å². The summed E-state index contributed by atoms with van der Waals surface area (Å²) in [6.45, 7) is 2.96. The molecular formula is C20H21N5O10S. The topological polar surface area (TPSA) is 207 Å². The zero-order valence-electron chi connectivity index (χ0n) is 19.1. The number of nitrogens with zero attached hydrogens (tertiary/aromatic N) is 4. The maximum Gasteiger partial charge on any atom is 0.303 e. The molecule has 2 heterocycles. The molecule has 0 saturated carbocycles. The van der Waals surface area contributed by atoms with Crippen molar-refractivity contribution < 1.29 is 43.4 Å². The number of benzene rings is 1. The van der Waals surface area contributed by atoms with Gasteiger partial charge in [-0.05, 0) is 18.3 Å². The zero-order valence-corrected chi connectivity index (χ0v) is 20.0. The monoisotopic (exact) mass is 523 g/mol. The Bertz CT molecular complexity index is 1280. The van der Waals surface area contributed by atoms with Crippen LogP contribution in [-0.2, 0) is 33.3 Å². The number of fused-ring (bicyclic) bond motifs is 1. The number of hydrogen-bond donors (Lipinski definition) is 2. The molecule has 0 bridgehead atoms. The smallest absolute Gasteiger partial charge is 0.303 e. The van der Waals surface area contributed by atoms with Crippen molar-refractivity contribution >= 4 is 57.5 Å². The van der Waals surface area contributed by atoms with E-state index in [0.717, 1.165) is 31.4 Å². The number of carbonyl (C=O) groups is 3. The Morgan fingerprint density at radius 2 is 1.78 bits per heavy atom. The van der Waals surface area contributed by atoms with Gasteiger partial charge in [-0.1, -0.05) is 0 Å². The van der Waals surface area contributed by atoms with E-state index in [2.05, 4.69) is 22.4 Å². The van der Waals surface area contributed by atoms with Crippen LogP contribution in [0.2, 0.25) is 0 Å². The van der Waals surface area contributed by atoms with Crippen molar-refractivity contribution in [1.82, 2.24) is 4.57 Å². The average Bonchev–Trinajstić information content (AvgIpc) is 3.04. The minimum absolute atomic E-state index is 0.0354. The lowest BCUT2D eigenvalue weighted by Gasteiger charge is -2.41. The van der Waals surface area contributed by atoms with Crippen molar-refractivity contribution in [3.63, 3.8) is 0 Å². The first-order valence-corrected chi connectivity index (χ1v) is 10.7. The van der Waals surface area contributed by atoms with Gasteiger partial charge < -0.3 is 29.8 Å². The third-order valence-electron chi connectivity index (χ3n) is 4.97. The van der Waals surface area contributed by atoms with Crippen LogP contribution in [0.15, 0.2) is 28.4 Å². The van der Waals surface area contributed by atoms with Crippen LogP contribution in [0.3, 0.4) is 0 Å². The Hall–Kier alpha value is -4.18. The second-order valence-electron chi connectivity index (χ2n) is 7.56. The maximum atomic E-state index is 12.0. The lowest BCUT2D eigenvalue weighted by Crippen LogP contribution is -2.55. The van der Waals surface area contributed by atoms with Gasteiger partial charge in [-0.3, -0.25) is 29.1 Å². The van der Waals surface area contributed by atoms with Crippen LogP contribution in [0, 0.1) is 10.1 Å². The number of esters is 3. The van der Waals surface area contributed by atoms with Crippen molar-refractivity contribution in [3.05, 3.63) is 28.3 Å². The fraction of sp³-hybridized carbons (Fsp3) is 0.400. The van der Waals surface area contributed by atoms with Crippen LogP contribution >= 0.6 is 12.2 Å². The largest absolute Gasteiger partial charge is 0.493 e. The molecule has 0 spiro atoms. The summed E-state index contributed by atoms with van der Waals surface area (Å²) in [5.74, 6) is -2.91. The third kappa shape index (κ3) is 5.55. The molecule has 1 fully saturated rings. The minimum atomic E-state index is -1.47. The number of hydrogen-bond acceptors (Lipinski definition) is 12. The van der Waals surface area contributed by atoms with E-state index < -0.39 is 53.3 Å². The highest BCUT2D eigenvalue weighted by Crippen LogP contribution is 2.45. The Balaban J connectivity index is 2.25. The molecule has 1 aromatic carbocycles. The van der Waals surface area contributed by atoms with E-state index in [1.165, 1.54) is 12.1 Å². The molecular weight excluding hydrogens is 502 g/mol. The molecule has 1 aliphatic rings. The predicted molar refractivity (Wildman–Crippen MR) is 123 cm³/mol. The average molecular weight is 523 g/mol. The van der Waals surface area contributed by atoms with E-state index in [0.29, 0.717) is 0 Å². The number of thiocarbonyl (C=S) groups is 1. The van der Waals surface area contributed by atoms with Gasteiger partial charge in [0.1, 0.15) is 0 Å². The van der Waals surface area contributed by atoms with E-state index in [4.69, 9.17) is 24.7 Å². The Kier molecular flexibility index (Phi) is 7.79. The number of nitrogens with two attached hydrogens (primary N) is 1. The predicted octanol–water partition coefficient (Wildman–Crippen LogP) is 1.91. The number of azo groups is 1. The molecule has 192 valence electrons. The summed E-state index contributed by atoms with van der Waals surface area (Å²) in [5.41, 5.74) is 4.90. The Labute approximate surface area is 207 Å². The first kappa shape index (κ1) is 26.4. The molecule has 0 aliphatic carbocycles. The zero-order chi connectivity index (χ0) is 26.7. The number of aromatic hydroxyl groups is 1. The molecule has 36 heavy (non-hydrogen) atoms. The summed E-state index contributed by atoms with van der Waals surface area (Å²) in [4.78, 5) is 46.2. The molecule has 4 atom stereocenters. The Morgan fingerprint density at radius 3 is 2.33 bits per heavy atom. The van der Waals surface area contributed by atoms with Crippen LogP contribution in [0.5, 0.6) is 5.88 Å². The van der Waals surface area contributed by atoms with E-state index in [9.17, 15) is 29.6 Å². The van der Waals surface area contributed by atoms with Gasteiger partial charge in [-0.15, -0.1) is 10.2 Å². The molecule has 0 unspecified atom stereocenters. The van der Waals surface area contributed by atoms with Gasteiger partial charge in [0.25, 0.3) is 5.69 Å². The van der Waals surface area contributed by atoms with Crippen molar-refractivity contribution in [2.45, 2.75) is 45.3 Å². The second-order valence-corrected chi connectivity index (χ2v) is 7.98. The van der Waals surface area contributed by atoms with E-state index >= 15 is 0 Å². The minimum Gasteiger partial charge on any atom is -0.493 e. The number of ether oxygens (including phenoxy) is 4. The van der Waals surface area contributed by atoms with Gasteiger partial charge >= 0.3 is 17.9 Å². The summed E-state index contributed by atoms with van der Waals surface area (Å²) in [6, 6.07) is 3.62. The number of rotatable bonds is 6. The molecule has 16 heteroatoms. The summed E-state index contributed by atoms with van der Waals surface area (Å²) in [7, 11) is 0. The first-order valence-electron chi connectivity index (χ1n) is 10.3. The summed E-state index contributed by atoms with van der Waals surface area (Å²) in [5, 5.41) is 29.7. The van der Waals surface area contributed by atoms with Gasteiger partial charge in [0, 0.05) is 38.3 Å². The highest BCUT2D eigenvalue weighted by molar-refractivity contribution is 7.80. The maximum absolute atomic E-state index is 12.0. The fourth-order valence-corrected chi connectivity index (χ4v) is 3.82. The van der Waals surface area contributed by atoms with Gasteiger partial charge in [-0.25, -0.2) is 0 Å². The molecule has 1 aliphatic heterocycles. The van der Waals surface area contributed by atoms with Crippen LogP contribution in [-0.4, -0.2) is 62.5 Å². The Morgan fingerprint density at radius 1 is 1.17 bits per heavy atom. The van der Waals surface area contributed by atoms with Gasteiger partial charge in [0.15, 0.2) is 30.2 Å². The van der Waals surface area contributed by atoms with Crippen molar-refractivity contribution in [1.29, 1.82) is 0 Å². The lowest BCUT2D eigenvalue weighted by atomic mass is 10.0. The molecule has 2 aromatic rings. The number of nitro benzene ring substituents is 1. The van der Waals surface area contributed by atoms with Crippen LogP contribution in [0.1, 0.15) is 27.0 Å². The van der Waals surface area contributed by atoms with E-state index in [1.54, 1.807) is 0 Å². The third-order valence-corrected chi connectivity index (χ3v) is 5.06. The molecule has 3 N–H and O–H groups in total. The summed E-state index contributed by atoms with van der Waals surface area (Å²) >= 11 is 4.68. The standard InChI is InChI=1S/C20H21N5O10S/c1-8(26)33-14-7-32-19(17(35-10(3)28)16(14)34-9(2)27)24-13-6-11(25(30)31)4-5-12(13)15(18(24)29)22-23-20(21)36/h4-6,14,16-17,19,29H,7H2,1-3H3,(H2,21,36)/t14-,16-,17-,19+/m1/s1. The highest BCUT2D eigenvalue weighted by atomic mass is 32.1. The van der Waals surface area contributed by atoms with Gasteiger partial charge in [0.05, 0.1) is 17.0 Å². The first-order chi connectivity index (χ1) is 16.9. The highest BCUT2D eigenvalue weighted by Gasteiger charge is 2.49. The normalized spacial score (nSPS) is 21.8. The van der Waals surface area contributed by atoms with Crippen LogP contribution in [0.4, 0.5) is 11.4 Å². The van der Waals surface area contributed by atoms with Crippen LogP contribution in [0.25, 0.3) is 10.9 Å².